The molecule has 0 radical (unpaired) electrons. The lowest BCUT2D eigenvalue weighted by atomic mass is 10.0. The number of rotatable bonds is 42. The van der Waals surface area contributed by atoms with Gasteiger partial charge in [-0.2, -0.15) is 0 Å². The van der Waals surface area contributed by atoms with Crippen molar-refractivity contribution in [1.29, 1.82) is 0 Å². The fourth-order valence-electron chi connectivity index (χ4n) is 6.31. The molecule has 0 heterocycles. The maximum absolute atomic E-state index is 12.7. The van der Waals surface area contributed by atoms with Crippen LogP contribution in [0.5, 0.6) is 0 Å². The van der Waals surface area contributed by atoms with Gasteiger partial charge >= 0.3 is 13.8 Å². The van der Waals surface area contributed by atoms with E-state index in [1.54, 1.807) is 0 Å². The molecule has 1 N–H and O–H groups in total. The Hall–Kier alpha value is -0.760. The number of hydrogen-bond acceptors (Lipinski definition) is 6. The molecule has 2 atom stereocenters. The Labute approximate surface area is 329 Å². The van der Waals surface area contributed by atoms with E-state index in [-0.39, 0.29) is 25.8 Å². The van der Waals surface area contributed by atoms with Gasteiger partial charge in [0.05, 0.1) is 34.4 Å². The van der Waals surface area contributed by atoms with E-state index >= 15 is 0 Å². The Morgan fingerprint density at radius 3 is 1.43 bits per heavy atom. The van der Waals surface area contributed by atoms with Crippen molar-refractivity contribution in [2.24, 2.45) is 0 Å². The number of carbonyl (C=O) groups excluding carboxylic acids is 1. The molecule has 316 valence electrons. The number of allylic oxidation sites excluding steroid dienone is 2. The normalized spacial score (nSPS) is 13.8. The van der Waals surface area contributed by atoms with Gasteiger partial charge in [0, 0.05) is 13.0 Å². The predicted molar refractivity (Wildman–Crippen MR) is 224 cm³/mol. The highest BCUT2D eigenvalue weighted by atomic mass is 31.2. The van der Waals surface area contributed by atoms with Crippen LogP contribution in [0.1, 0.15) is 206 Å². The van der Waals surface area contributed by atoms with Crippen LogP contribution in [0.25, 0.3) is 0 Å². The Morgan fingerprint density at radius 1 is 0.566 bits per heavy atom. The van der Waals surface area contributed by atoms with Crippen LogP contribution in [0, 0.1) is 0 Å². The summed E-state index contributed by atoms with van der Waals surface area (Å²) < 4.78 is 35.0. The Morgan fingerprint density at radius 2 is 0.981 bits per heavy atom. The van der Waals surface area contributed by atoms with Crippen molar-refractivity contribution in [3.63, 3.8) is 0 Å². The molecule has 0 aromatic heterocycles. The summed E-state index contributed by atoms with van der Waals surface area (Å²) in [5, 5.41) is 0. The molecule has 0 rings (SSSR count). The molecule has 0 aliphatic carbocycles. The summed E-state index contributed by atoms with van der Waals surface area (Å²) in [6.07, 6.45) is 40.9. The second-order valence-corrected chi connectivity index (χ2v) is 17.9. The highest BCUT2D eigenvalue weighted by Crippen LogP contribution is 2.43. The SMILES string of the molecule is CCCCCCCCC/C=C\CCCCCCCC(=O)OC(COCCCCCCCCCCCCCCCCC)COP(=O)(O)OCC[N+](C)(C)C. The van der Waals surface area contributed by atoms with Crippen LogP contribution in [-0.4, -0.2) is 75.6 Å². The molecule has 0 saturated heterocycles. The molecule has 53 heavy (non-hydrogen) atoms. The van der Waals surface area contributed by atoms with Gasteiger partial charge in [-0.15, -0.1) is 0 Å². The third-order valence-electron chi connectivity index (χ3n) is 9.83. The van der Waals surface area contributed by atoms with Crippen molar-refractivity contribution in [2.75, 3.05) is 54.1 Å². The van der Waals surface area contributed by atoms with Crippen LogP contribution in [-0.2, 0) is 27.9 Å². The summed E-state index contributed by atoms with van der Waals surface area (Å²) in [7, 11) is 1.67. The van der Waals surface area contributed by atoms with E-state index in [0.717, 1.165) is 38.5 Å². The van der Waals surface area contributed by atoms with Crippen LogP contribution in [0.4, 0.5) is 0 Å². The standard InChI is InChI=1S/C44H88NO7P/c1-6-8-10-12-14-16-18-20-22-23-25-27-29-31-33-35-37-44(46)52-43(42-51-53(47,48)50-40-38-45(3,4)5)41-49-39-36-34-32-30-28-26-24-21-19-17-15-13-11-9-7-2/h22-23,43H,6-21,24-42H2,1-5H3/p+1/b23-22-. The van der Waals surface area contributed by atoms with Gasteiger partial charge in [0.25, 0.3) is 0 Å². The quantitative estimate of drug-likeness (QED) is 0.0217. The average molecular weight is 775 g/mol. The summed E-state index contributed by atoms with van der Waals surface area (Å²) in [5.41, 5.74) is 0. The Bertz CT molecular complexity index is 863. The molecular weight excluding hydrogens is 685 g/mol. The molecule has 0 aliphatic rings. The van der Waals surface area contributed by atoms with Gasteiger partial charge in [-0.3, -0.25) is 13.8 Å². The number of quaternary nitrogens is 1. The second-order valence-electron chi connectivity index (χ2n) is 16.4. The van der Waals surface area contributed by atoms with Gasteiger partial charge in [-0.1, -0.05) is 174 Å². The van der Waals surface area contributed by atoms with Crippen molar-refractivity contribution in [2.45, 2.75) is 213 Å². The Balaban J connectivity index is 4.21. The van der Waals surface area contributed by atoms with E-state index < -0.39 is 13.9 Å². The highest BCUT2D eigenvalue weighted by Gasteiger charge is 2.26. The largest absolute Gasteiger partial charge is 0.472 e. The molecule has 8 nitrogen and oxygen atoms in total. The molecule has 0 amide bonds. The van der Waals surface area contributed by atoms with Crippen LogP contribution in [0.2, 0.25) is 0 Å². The van der Waals surface area contributed by atoms with E-state index in [9.17, 15) is 14.3 Å². The number of phosphoric ester groups is 1. The minimum absolute atomic E-state index is 0.0902. The van der Waals surface area contributed by atoms with Gasteiger partial charge in [0.15, 0.2) is 0 Å². The van der Waals surface area contributed by atoms with Crippen molar-refractivity contribution in [3.8, 4) is 0 Å². The zero-order chi connectivity index (χ0) is 39.1. The maximum Gasteiger partial charge on any atom is 0.472 e. The second kappa shape index (κ2) is 38.1. The monoisotopic (exact) mass is 775 g/mol. The first-order chi connectivity index (χ1) is 25.6. The predicted octanol–water partition coefficient (Wildman–Crippen LogP) is 13.1. The van der Waals surface area contributed by atoms with Crippen LogP contribution in [0.15, 0.2) is 12.2 Å². The molecule has 0 aliphatic heterocycles. The van der Waals surface area contributed by atoms with Gasteiger partial charge in [-0.05, 0) is 38.5 Å². The summed E-state index contributed by atoms with van der Waals surface area (Å²) in [6, 6.07) is 0. The third kappa shape index (κ3) is 42.2. The summed E-state index contributed by atoms with van der Waals surface area (Å²) >= 11 is 0. The molecule has 0 bridgehead atoms. The van der Waals surface area contributed by atoms with Crippen molar-refractivity contribution < 1.29 is 37.3 Å². The summed E-state index contributed by atoms with van der Waals surface area (Å²) in [6.45, 7) is 5.65. The van der Waals surface area contributed by atoms with E-state index in [4.69, 9.17) is 18.5 Å². The number of nitrogens with zero attached hydrogens (tertiary/aromatic N) is 1. The number of ether oxygens (including phenoxy) is 2. The average Bonchev–Trinajstić information content (AvgIpc) is 3.11. The number of phosphoric acid groups is 1. The van der Waals surface area contributed by atoms with Crippen LogP contribution >= 0.6 is 7.82 Å². The fourth-order valence-corrected chi connectivity index (χ4v) is 7.05. The zero-order valence-corrected chi connectivity index (χ0v) is 36.7. The summed E-state index contributed by atoms with van der Waals surface area (Å²) in [4.78, 5) is 22.9. The summed E-state index contributed by atoms with van der Waals surface area (Å²) in [5.74, 6) is -0.318. The zero-order valence-electron chi connectivity index (χ0n) is 35.8. The van der Waals surface area contributed by atoms with E-state index in [0.29, 0.717) is 24.1 Å². The van der Waals surface area contributed by atoms with Gasteiger partial charge in [0.1, 0.15) is 19.3 Å². The number of unbranched alkanes of at least 4 members (excludes halogenated alkanes) is 26. The molecule has 0 fully saturated rings. The molecule has 9 heteroatoms. The molecule has 0 spiro atoms. The van der Waals surface area contributed by atoms with Crippen molar-refractivity contribution >= 4 is 13.8 Å². The number of likely N-dealkylation sites (N-methyl/N-ethyl adjacent to an activating group) is 1. The first kappa shape index (κ1) is 52.2. The minimum Gasteiger partial charge on any atom is -0.457 e. The highest BCUT2D eigenvalue weighted by molar-refractivity contribution is 7.47. The molecular formula is C44H89NO7P+. The van der Waals surface area contributed by atoms with Gasteiger partial charge in [-0.25, -0.2) is 4.57 Å². The van der Waals surface area contributed by atoms with Gasteiger partial charge in [0.2, 0.25) is 0 Å². The van der Waals surface area contributed by atoms with E-state index in [1.165, 1.54) is 148 Å². The number of hydrogen-bond donors (Lipinski definition) is 1. The number of esters is 1. The van der Waals surface area contributed by atoms with Crippen molar-refractivity contribution in [3.05, 3.63) is 12.2 Å². The van der Waals surface area contributed by atoms with Crippen LogP contribution < -0.4 is 0 Å². The van der Waals surface area contributed by atoms with Crippen LogP contribution in [0.3, 0.4) is 0 Å². The first-order valence-corrected chi connectivity index (χ1v) is 23.9. The molecule has 2 unspecified atom stereocenters. The molecule has 0 saturated carbocycles. The van der Waals surface area contributed by atoms with Gasteiger partial charge < -0.3 is 18.9 Å². The molecule has 0 aromatic carbocycles. The van der Waals surface area contributed by atoms with E-state index in [1.807, 2.05) is 21.1 Å². The maximum atomic E-state index is 12.7. The van der Waals surface area contributed by atoms with E-state index in [2.05, 4.69) is 26.0 Å². The van der Waals surface area contributed by atoms with Crippen molar-refractivity contribution in [1.82, 2.24) is 0 Å². The smallest absolute Gasteiger partial charge is 0.457 e. The lowest BCUT2D eigenvalue weighted by Crippen LogP contribution is -2.37. The first-order valence-electron chi connectivity index (χ1n) is 22.4. The fraction of sp³-hybridized carbons (Fsp3) is 0.932. The topological polar surface area (TPSA) is 91.3 Å². The lowest BCUT2D eigenvalue weighted by Gasteiger charge is -2.24. The minimum atomic E-state index is -4.27. The lowest BCUT2D eigenvalue weighted by molar-refractivity contribution is -0.870. The number of carbonyl (C=O) groups is 1. The Kier molecular flexibility index (Phi) is 37.6. The molecule has 0 aromatic rings. The third-order valence-corrected chi connectivity index (χ3v) is 10.8.